The van der Waals surface area contributed by atoms with Crippen LogP contribution in [0.3, 0.4) is 0 Å². The fourth-order valence-electron chi connectivity index (χ4n) is 3.86. The molecule has 0 aromatic heterocycles. The van der Waals surface area contributed by atoms with Gasteiger partial charge in [-0.1, -0.05) is 24.3 Å². The van der Waals surface area contributed by atoms with Crippen LogP contribution in [-0.4, -0.2) is 55.2 Å². The van der Waals surface area contributed by atoms with Gasteiger partial charge in [-0.3, -0.25) is 9.59 Å². The van der Waals surface area contributed by atoms with Gasteiger partial charge in [-0.2, -0.15) is 0 Å². The van der Waals surface area contributed by atoms with Gasteiger partial charge >= 0.3 is 0 Å². The lowest BCUT2D eigenvalue weighted by Gasteiger charge is -2.31. The smallest absolute Gasteiger partial charge is 0.267 e. The summed E-state index contributed by atoms with van der Waals surface area (Å²) < 4.78 is 17.3. The van der Waals surface area contributed by atoms with Crippen LogP contribution in [0.4, 0.5) is 5.69 Å². The van der Waals surface area contributed by atoms with Crippen molar-refractivity contribution in [2.24, 2.45) is 0 Å². The highest BCUT2D eigenvalue weighted by atomic mass is 16.6. The number of carbonyl (C=O) groups is 2. The number of para-hydroxylation sites is 2. The summed E-state index contributed by atoms with van der Waals surface area (Å²) in [6, 6.07) is 13.0. The molecular weight excluding hydrogens is 396 g/mol. The molecule has 7 nitrogen and oxygen atoms in total. The fourth-order valence-corrected chi connectivity index (χ4v) is 3.86. The van der Waals surface area contributed by atoms with Gasteiger partial charge in [-0.15, -0.1) is 0 Å². The minimum atomic E-state index is -0.801. The first-order valence-electron chi connectivity index (χ1n) is 10.7. The van der Waals surface area contributed by atoms with E-state index in [2.05, 4.69) is 5.32 Å². The predicted molar refractivity (Wildman–Crippen MR) is 116 cm³/mol. The number of nitrogens with one attached hydrogen (secondary N) is 1. The molecule has 2 aliphatic heterocycles. The van der Waals surface area contributed by atoms with Gasteiger partial charge in [0.2, 0.25) is 12.0 Å². The zero-order chi connectivity index (χ0) is 21.8. The molecule has 2 amide bonds. The lowest BCUT2D eigenvalue weighted by molar-refractivity contribution is -0.145. The van der Waals surface area contributed by atoms with E-state index in [0.717, 1.165) is 29.7 Å². The monoisotopic (exact) mass is 424 g/mol. The quantitative estimate of drug-likeness (QED) is 0.771. The molecule has 2 aromatic rings. The third-order valence-electron chi connectivity index (χ3n) is 5.76. The average molecular weight is 424 g/mol. The van der Waals surface area contributed by atoms with E-state index in [-0.39, 0.29) is 31.1 Å². The molecule has 1 fully saturated rings. The standard InChI is InChI=1S/C24H28N2O5/c1-16-7-5-9-19(17(16)2)25-23(27)14-26(13-18-8-6-12-29-18)24(28)22-15-30-20-10-3-4-11-21(20)31-22/h3-5,7,9-11,18,22H,6,8,12-15H2,1-2H3,(H,25,27)/t18-,22-/m0/s1. The Hall–Kier alpha value is -3.06. The Balaban J connectivity index is 1.46. The van der Waals surface area contributed by atoms with Crippen LogP contribution in [0.1, 0.15) is 24.0 Å². The molecule has 2 aromatic carbocycles. The van der Waals surface area contributed by atoms with Crippen molar-refractivity contribution >= 4 is 17.5 Å². The molecule has 0 bridgehead atoms. The summed E-state index contributed by atoms with van der Waals surface area (Å²) in [5, 5.41) is 2.93. The number of carbonyl (C=O) groups excluding carboxylic acids is 2. The zero-order valence-electron chi connectivity index (χ0n) is 17.9. The van der Waals surface area contributed by atoms with Crippen molar-refractivity contribution in [1.29, 1.82) is 0 Å². The lowest BCUT2D eigenvalue weighted by Crippen LogP contribution is -2.50. The van der Waals surface area contributed by atoms with Crippen molar-refractivity contribution in [2.75, 3.05) is 31.6 Å². The van der Waals surface area contributed by atoms with E-state index in [1.165, 1.54) is 4.90 Å². The fraction of sp³-hybridized carbons (Fsp3) is 0.417. The minimum absolute atomic E-state index is 0.0748. The number of hydrogen-bond acceptors (Lipinski definition) is 5. The maximum absolute atomic E-state index is 13.3. The molecule has 0 radical (unpaired) electrons. The van der Waals surface area contributed by atoms with Crippen LogP contribution in [-0.2, 0) is 14.3 Å². The SMILES string of the molecule is Cc1cccc(NC(=O)CN(C[C@@H]2CCCO2)C(=O)[C@@H]2COc3ccccc3O2)c1C. The Morgan fingerprint density at radius 1 is 1.10 bits per heavy atom. The number of nitrogens with zero attached hydrogens (tertiary/aromatic N) is 1. The molecule has 1 saturated heterocycles. The van der Waals surface area contributed by atoms with Crippen LogP contribution in [0.25, 0.3) is 0 Å². The predicted octanol–water partition coefficient (Wildman–Crippen LogP) is 3.09. The highest BCUT2D eigenvalue weighted by Crippen LogP contribution is 2.31. The minimum Gasteiger partial charge on any atom is -0.485 e. The number of aryl methyl sites for hydroxylation is 1. The molecule has 2 heterocycles. The van der Waals surface area contributed by atoms with E-state index in [4.69, 9.17) is 14.2 Å². The normalized spacial score (nSPS) is 19.7. The molecule has 4 rings (SSSR count). The highest BCUT2D eigenvalue weighted by molar-refractivity contribution is 5.96. The summed E-state index contributed by atoms with van der Waals surface area (Å²) in [5.41, 5.74) is 2.85. The van der Waals surface area contributed by atoms with Gasteiger partial charge in [-0.25, -0.2) is 0 Å². The molecule has 164 valence electrons. The first-order chi connectivity index (χ1) is 15.0. The van der Waals surface area contributed by atoms with Crippen LogP contribution in [0.5, 0.6) is 11.5 Å². The van der Waals surface area contributed by atoms with E-state index < -0.39 is 6.10 Å². The van der Waals surface area contributed by atoms with Gasteiger partial charge in [0.25, 0.3) is 5.91 Å². The molecule has 0 saturated carbocycles. The number of benzene rings is 2. The van der Waals surface area contributed by atoms with Gasteiger partial charge < -0.3 is 24.4 Å². The van der Waals surface area contributed by atoms with Crippen LogP contribution in [0.15, 0.2) is 42.5 Å². The van der Waals surface area contributed by atoms with E-state index >= 15 is 0 Å². The maximum atomic E-state index is 13.3. The Bertz CT molecular complexity index is 955. The average Bonchev–Trinajstić information content (AvgIpc) is 3.29. The third-order valence-corrected chi connectivity index (χ3v) is 5.76. The van der Waals surface area contributed by atoms with Crippen molar-refractivity contribution in [1.82, 2.24) is 4.90 Å². The summed E-state index contributed by atoms with van der Waals surface area (Å²) in [7, 11) is 0. The van der Waals surface area contributed by atoms with Crippen LogP contribution in [0.2, 0.25) is 0 Å². The molecule has 0 unspecified atom stereocenters. The Labute approximate surface area is 182 Å². The van der Waals surface area contributed by atoms with E-state index in [0.29, 0.717) is 24.7 Å². The lowest BCUT2D eigenvalue weighted by atomic mass is 10.1. The number of rotatable bonds is 6. The van der Waals surface area contributed by atoms with Crippen molar-refractivity contribution < 1.29 is 23.8 Å². The van der Waals surface area contributed by atoms with Crippen molar-refractivity contribution in [3.63, 3.8) is 0 Å². The van der Waals surface area contributed by atoms with Crippen LogP contribution >= 0.6 is 0 Å². The van der Waals surface area contributed by atoms with Gasteiger partial charge in [0, 0.05) is 18.8 Å². The van der Waals surface area contributed by atoms with Crippen molar-refractivity contribution in [3.05, 3.63) is 53.6 Å². The number of fused-ring (bicyclic) bond motifs is 1. The second-order valence-corrected chi connectivity index (χ2v) is 8.01. The van der Waals surface area contributed by atoms with Crippen LogP contribution < -0.4 is 14.8 Å². The second kappa shape index (κ2) is 9.39. The third kappa shape index (κ3) is 4.99. The van der Waals surface area contributed by atoms with E-state index in [1.54, 1.807) is 12.1 Å². The van der Waals surface area contributed by atoms with Crippen LogP contribution in [0, 0.1) is 13.8 Å². The number of hydrogen-bond donors (Lipinski definition) is 1. The van der Waals surface area contributed by atoms with Gasteiger partial charge in [0.05, 0.1) is 6.10 Å². The molecule has 0 aliphatic carbocycles. The highest BCUT2D eigenvalue weighted by Gasteiger charge is 2.34. The summed E-state index contributed by atoms with van der Waals surface area (Å²) in [4.78, 5) is 27.6. The van der Waals surface area contributed by atoms with E-state index in [1.807, 2.05) is 44.2 Å². The second-order valence-electron chi connectivity index (χ2n) is 8.01. The summed E-state index contributed by atoms with van der Waals surface area (Å²) in [6.07, 6.45) is 0.949. The Morgan fingerprint density at radius 3 is 2.68 bits per heavy atom. The van der Waals surface area contributed by atoms with Gasteiger partial charge in [-0.05, 0) is 56.0 Å². The Morgan fingerprint density at radius 2 is 1.90 bits per heavy atom. The summed E-state index contributed by atoms with van der Waals surface area (Å²) >= 11 is 0. The summed E-state index contributed by atoms with van der Waals surface area (Å²) in [5.74, 6) is 0.618. The number of ether oxygens (including phenoxy) is 3. The first kappa shape index (κ1) is 21.2. The molecule has 1 N–H and O–H groups in total. The Kier molecular flexibility index (Phi) is 6.42. The molecule has 2 aliphatic rings. The molecule has 2 atom stereocenters. The largest absolute Gasteiger partial charge is 0.485 e. The molecule has 0 spiro atoms. The van der Waals surface area contributed by atoms with Crippen molar-refractivity contribution in [2.45, 2.75) is 38.9 Å². The van der Waals surface area contributed by atoms with Gasteiger partial charge in [0.1, 0.15) is 13.2 Å². The maximum Gasteiger partial charge on any atom is 0.267 e. The zero-order valence-corrected chi connectivity index (χ0v) is 17.9. The van der Waals surface area contributed by atoms with Crippen molar-refractivity contribution in [3.8, 4) is 11.5 Å². The van der Waals surface area contributed by atoms with Gasteiger partial charge in [0.15, 0.2) is 11.5 Å². The topological polar surface area (TPSA) is 77.1 Å². The first-order valence-corrected chi connectivity index (χ1v) is 10.7. The number of amides is 2. The molecular formula is C24H28N2O5. The molecule has 7 heteroatoms. The number of anilines is 1. The summed E-state index contributed by atoms with van der Waals surface area (Å²) in [6.45, 7) is 5.02. The van der Waals surface area contributed by atoms with E-state index in [9.17, 15) is 9.59 Å². The molecule has 31 heavy (non-hydrogen) atoms.